The SMILES string of the molecule is Cc1c(C(C)c2nnc(N)c3cc(OC4COC4)ccc23)cccc1C(F)(F)F. The van der Waals surface area contributed by atoms with Gasteiger partial charge in [0.1, 0.15) is 11.9 Å². The lowest BCUT2D eigenvalue weighted by Crippen LogP contribution is -2.38. The number of nitrogens with zero attached hydrogens (tertiary/aromatic N) is 2. The number of rotatable bonds is 4. The Morgan fingerprint density at radius 2 is 1.90 bits per heavy atom. The highest BCUT2D eigenvalue weighted by Gasteiger charge is 2.33. The smallest absolute Gasteiger partial charge is 0.416 e. The molecule has 152 valence electrons. The highest BCUT2D eigenvalue weighted by molar-refractivity contribution is 5.93. The average Bonchev–Trinajstić information content (AvgIpc) is 2.64. The molecule has 2 heterocycles. The van der Waals surface area contributed by atoms with Gasteiger partial charge in [-0.1, -0.05) is 19.1 Å². The first-order valence-electron chi connectivity index (χ1n) is 9.22. The zero-order chi connectivity index (χ0) is 20.8. The minimum absolute atomic E-state index is 0.00891. The molecule has 1 saturated heterocycles. The predicted molar refractivity (Wildman–Crippen MR) is 103 cm³/mol. The van der Waals surface area contributed by atoms with E-state index in [9.17, 15) is 13.2 Å². The molecule has 1 fully saturated rings. The van der Waals surface area contributed by atoms with Crippen molar-refractivity contribution >= 4 is 16.6 Å². The Bertz CT molecular complexity index is 1060. The molecule has 3 aromatic rings. The molecule has 0 aliphatic carbocycles. The molecule has 1 unspecified atom stereocenters. The molecule has 1 aliphatic rings. The van der Waals surface area contributed by atoms with Crippen molar-refractivity contribution in [2.24, 2.45) is 0 Å². The van der Waals surface area contributed by atoms with Gasteiger partial charge in [-0.25, -0.2) is 0 Å². The standard InChI is InChI=1S/C21H20F3N3O2/c1-11-15(4-3-5-18(11)21(22,23)24)12(2)19-16-7-6-13(29-14-9-28-10-14)8-17(16)20(25)27-26-19/h3-8,12,14H,9-10H2,1-2H3,(H2,25,27). The summed E-state index contributed by atoms with van der Waals surface area (Å²) in [6, 6.07) is 9.61. The monoisotopic (exact) mass is 403 g/mol. The average molecular weight is 403 g/mol. The summed E-state index contributed by atoms with van der Waals surface area (Å²) in [5.41, 5.74) is 6.67. The largest absolute Gasteiger partial charge is 0.486 e. The van der Waals surface area contributed by atoms with Gasteiger partial charge in [0.2, 0.25) is 0 Å². The maximum absolute atomic E-state index is 13.3. The number of nitrogens with two attached hydrogens (primary N) is 1. The van der Waals surface area contributed by atoms with Gasteiger partial charge in [0, 0.05) is 16.7 Å². The Morgan fingerprint density at radius 3 is 2.55 bits per heavy atom. The molecule has 1 aromatic heterocycles. The minimum Gasteiger partial charge on any atom is -0.486 e. The van der Waals surface area contributed by atoms with Crippen molar-refractivity contribution in [2.45, 2.75) is 32.0 Å². The Morgan fingerprint density at radius 1 is 1.14 bits per heavy atom. The van der Waals surface area contributed by atoms with Gasteiger partial charge in [-0.05, 0) is 42.3 Å². The summed E-state index contributed by atoms with van der Waals surface area (Å²) in [4.78, 5) is 0. The van der Waals surface area contributed by atoms with E-state index in [-0.39, 0.29) is 17.5 Å². The first-order valence-corrected chi connectivity index (χ1v) is 9.22. The van der Waals surface area contributed by atoms with Crippen LogP contribution < -0.4 is 10.5 Å². The van der Waals surface area contributed by atoms with Crippen LogP contribution in [0.4, 0.5) is 19.0 Å². The maximum atomic E-state index is 13.3. The van der Waals surface area contributed by atoms with E-state index in [0.717, 1.165) is 11.5 Å². The number of alkyl halides is 3. The second kappa shape index (κ2) is 7.18. The van der Waals surface area contributed by atoms with Crippen molar-refractivity contribution < 1.29 is 22.6 Å². The van der Waals surface area contributed by atoms with Gasteiger partial charge in [-0.15, -0.1) is 5.10 Å². The second-order valence-electron chi connectivity index (χ2n) is 7.19. The fourth-order valence-electron chi connectivity index (χ4n) is 3.62. The molecule has 0 spiro atoms. The first-order chi connectivity index (χ1) is 13.8. The topological polar surface area (TPSA) is 70.3 Å². The van der Waals surface area contributed by atoms with Gasteiger partial charge < -0.3 is 15.2 Å². The second-order valence-corrected chi connectivity index (χ2v) is 7.19. The maximum Gasteiger partial charge on any atom is 0.416 e. The predicted octanol–water partition coefficient (Wildman–Crippen LogP) is 4.47. The number of anilines is 1. The first kappa shape index (κ1) is 19.4. The number of aromatic nitrogens is 2. The van der Waals surface area contributed by atoms with Crippen LogP contribution in [0.5, 0.6) is 5.75 Å². The minimum atomic E-state index is -4.41. The summed E-state index contributed by atoms with van der Waals surface area (Å²) in [6.45, 7) is 4.38. The number of nitrogen functional groups attached to an aromatic ring is 1. The number of fused-ring (bicyclic) bond motifs is 1. The van der Waals surface area contributed by atoms with E-state index in [1.54, 1.807) is 18.2 Å². The van der Waals surface area contributed by atoms with Crippen LogP contribution in [0.2, 0.25) is 0 Å². The summed E-state index contributed by atoms with van der Waals surface area (Å²) >= 11 is 0. The van der Waals surface area contributed by atoms with Crippen LogP contribution in [0.25, 0.3) is 10.8 Å². The molecular weight excluding hydrogens is 383 g/mol. The zero-order valence-corrected chi connectivity index (χ0v) is 16.0. The summed E-state index contributed by atoms with van der Waals surface area (Å²) in [5, 5.41) is 9.64. The van der Waals surface area contributed by atoms with Gasteiger partial charge in [-0.3, -0.25) is 0 Å². The van der Waals surface area contributed by atoms with Crippen LogP contribution >= 0.6 is 0 Å². The molecule has 0 amide bonds. The summed E-state index contributed by atoms with van der Waals surface area (Å²) in [5.74, 6) is 0.478. The van der Waals surface area contributed by atoms with Crippen molar-refractivity contribution in [3.63, 3.8) is 0 Å². The quantitative estimate of drug-likeness (QED) is 0.696. The molecule has 2 N–H and O–H groups in total. The van der Waals surface area contributed by atoms with Gasteiger partial charge in [-0.2, -0.15) is 18.3 Å². The highest BCUT2D eigenvalue weighted by Crippen LogP contribution is 2.38. The molecule has 5 nitrogen and oxygen atoms in total. The summed E-state index contributed by atoms with van der Waals surface area (Å²) in [6.07, 6.45) is -4.40. The molecule has 0 radical (unpaired) electrons. The molecule has 1 aliphatic heterocycles. The van der Waals surface area contributed by atoms with Gasteiger partial charge in [0.25, 0.3) is 0 Å². The zero-order valence-electron chi connectivity index (χ0n) is 16.0. The Balaban J connectivity index is 1.77. The molecule has 2 aromatic carbocycles. The van der Waals surface area contributed by atoms with Gasteiger partial charge in [0.15, 0.2) is 5.82 Å². The van der Waals surface area contributed by atoms with Crippen molar-refractivity contribution in [3.05, 3.63) is 58.8 Å². The molecule has 4 rings (SSSR count). The van der Waals surface area contributed by atoms with Crippen molar-refractivity contribution in [2.75, 3.05) is 18.9 Å². The van der Waals surface area contributed by atoms with Crippen LogP contribution in [-0.2, 0) is 10.9 Å². The van der Waals surface area contributed by atoms with E-state index >= 15 is 0 Å². The van der Waals surface area contributed by atoms with Crippen LogP contribution in [0.15, 0.2) is 36.4 Å². The molecule has 1 atom stereocenters. The normalized spacial score (nSPS) is 15.9. The number of halogens is 3. The van der Waals surface area contributed by atoms with Gasteiger partial charge in [0.05, 0.1) is 24.5 Å². The molecular formula is C21H20F3N3O2. The van der Waals surface area contributed by atoms with E-state index in [1.165, 1.54) is 13.0 Å². The lowest BCUT2D eigenvalue weighted by Gasteiger charge is -2.27. The highest BCUT2D eigenvalue weighted by atomic mass is 19.4. The van der Waals surface area contributed by atoms with Crippen molar-refractivity contribution in [1.29, 1.82) is 0 Å². The lowest BCUT2D eigenvalue weighted by molar-refractivity contribution is -0.138. The number of hydrogen-bond donors (Lipinski definition) is 1. The third-order valence-electron chi connectivity index (χ3n) is 5.28. The van der Waals surface area contributed by atoms with Crippen LogP contribution in [0.1, 0.15) is 35.2 Å². The van der Waals surface area contributed by atoms with Crippen molar-refractivity contribution in [1.82, 2.24) is 10.2 Å². The van der Waals surface area contributed by atoms with E-state index in [4.69, 9.17) is 15.2 Å². The Labute approximate surface area is 165 Å². The van der Waals surface area contributed by atoms with Crippen LogP contribution in [0, 0.1) is 6.92 Å². The fraction of sp³-hybridized carbons (Fsp3) is 0.333. The molecule has 0 bridgehead atoms. The number of hydrogen-bond acceptors (Lipinski definition) is 5. The lowest BCUT2D eigenvalue weighted by atomic mass is 9.89. The van der Waals surface area contributed by atoms with Gasteiger partial charge >= 0.3 is 6.18 Å². The third-order valence-corrected chi connectivity index (χ3v) is 5.28. The Hall–Kier alpha value is -2.87. The van der Waals surface area contributed by atoms with E-state index in [0.29, 0.717) is 35.6 Å². The molecule has 29 heavy (non-hydrogen) atoms. The van der Waals surface area contributed by atoms with E-state index in [2.05, 4.69) is 10.2 Å². The van der Waals surface area contributed by atoms with Crippen molar-refractivity contribution in [3.8, 4) is 5.75 Å². The van der Waals surface area contributed by atoms with E-state index < -0.39 is 17.7 Å². The number of ether oxygens (including phenoxy) is 2. The summed E-state index contributed by atoms with van der Waals surface area (Å²) < 4.78 is 50.9. The van der Waals surface area contributed by atoms with Crippen LogP contribution in [0.3, 0.4) is 0 Å². The third kappa shape index (κ3) is 3.60. The van der Waals surface area contributed by atoms with Crippen LogP contribution in [-0.4, -0.2) is 29.5 Å². The Kier molecular flexibility index (Phi) is 4.82. The number of benzene rings is 2. The van der Waals surface area contributed by atoms with E-state index in [1.807, 2.05) is 13.0 Å². The molecule has 8 heteroatoms. The summed E-state index contributed by atoms with van der Waals surface area (Å²) in [7, 11) is 0. The fourth-order valence-corrected chi connectivity index (χ4v) is 3.62. The molecule has 0 saturated carbocycles.